The first kappa shape index (κ1) is 25.7. The highest BCUT2D eigenvalue weighted by atomic mass is 35.5. The quantitative estimate of drug-likeness (QED) is 0.335. The smallest absolute Gasteiger partial charge is 0.338 e. The van der Waals surface area contributed by atoms with E-state index < -0.39 is 18.5 Å². The maximum Gasteiger partial charge on any atom is 0.338 e. The number of benzene rings is 3. The lowest BCUT2D eigenvalue weighted by Crippen LogP contribution is -2.30. The van der Waals surface area contributed by atoms with E-state index in [1.165, 1.54) is 22.6 Å². The summed E-state index contributed by atoms with van der Waals surface area (Å²) in [6, 6.07) is 21.3. The monoisotopic (exact) mass is 530 g/mol. The zero-order valence-corrected chi connectivity index (χ0v) is 21.6. The average molecular weight is 531 g/mol. The lowest BCUT2D eigenvalue weighted by molar-refractivity contribution is -0.122. The number of halogens is 1. The maximum absolute atomic E-state index is 13.3. The van der Waals surface area contributed by atoms with Crippen molar-refractivity contribution in [2.75, 3.05) is 16.8 Å². The van der Waals surface area contributed by atoms with E-state index in [-0.39, 0.29) is 35.1 Å². The molecular formula is C30H27ClN2O5. The first-order valence-electron chi connectivity index (χ1n) is 12.6. The molecule has 0 aromatic heterocycles. The van der Waals surface area contributed by atoms with Crippen LogP contribution in [0, 0.1) is 18.8 Å². The number of imide groups is 1. The van der Waals surface area contributed by atoms with Crippen molar-refractivity contribution in [2.45, 2.75) is 32.1 Å². The lowest BCUT2D eigenvalue weighted by Gasteiger charge is -2.28. The number of aryl methyl sites for hydroxylation is 1. The van der Waals surface area contributed by atoms with Crippen LogP contribution in [0.2, 0.25) is 5.02 Å². The van der Waals surface area contributed by atoms with Gasteiger partial charge >= 0.3 is 5.97 Å². The SMILES string of the molecule is Cc1ccc(NC(=O)COC(=O)c2ccc(N3C(=O)[C@@H]4CC[C@H](c5ccccc5)C[C@H]4C3=O)cc2)cc1Cl. The fraction of sp³-hybridized carbons (Fsp3) is 0.267. The van der Waals surface area contributed by atoms with E-state index in [4.69, 9.17) is 16.3 Å². The first-order valence-corrected chi connectivity index (χ1v) is 13.0. The highest BCUT2D eigenvalue weighted by molar-refractivity contribution is 6.31. The molecule has 2 fully saturated rings. The zero-order chi connectivity index (χ0) is 26.8. The highest BCUT2D eigenvalue weighted by Gasteiger charge is 2.50. The second kappa shape index (κ2) is 10.8. The molecule has 1 aliphatic carbocycles. The van der Waals surface area contributed by atoms with E-state index in [0.29, 0.717) is 29.2 Å². The van der Waals surface area contributed by atoms with Gasteiger partial charge in [-0.15, -0.1) is 0 Å². The van der Waals surface area contributed by atoms with Crippen molar-refractivity contribution in [3.63, 3.8) is 0 Å². The summed E-state index contributed by atoms with van der Waals surface area (Å²) >= 11 is 6.07. The van der Waals surface area contributed by atoms with Gasteiger partial charge in [0.2, 0.25) is 11.8 Å². The summed E-state index contributed by atoms with van der Waals surface area (Å²) in [5.74, 6) is -1.96. The number of ether oxygens (including phenoxy) is 1. The molecule has 3 aromatic rings. The van der Waals surface area contributed by atoms with Gasteiger partial charge < -0.3 is 10.1 Å². The third-order valence-corrected chi connectivity index (χ3v) is 7.75. The lowest BCUT2D eigenvalue weighted by atomic mass is 9.73. The van der Waals surface area contributed by atoms with Gasteiger partial charge in [0, 0.05) is 10.7 Å². The fourth-order valence-electron chi connectivity index (χ4n) is 5.29. The van der Waals surface area contributed by atoms with Crippen molar-refractivity contribution in [2.24, 2.45) is 11.8 Å². The van der Waals surface area contributed by atoms with Crippen LogP contribution in [-0.4, -0.2) is 30.3 Å². The van der Waals surface area contributed by atoms with Crippen LogP contribution in [0.1, 0.15) is 46.7 Å². The summed E-state index contributed by atoms with van der Waals surface area (Å²) in [5, 5.41) is 3.15. The Morgan fingerprint density at radius 1 is 0.947 bits per heavy atom. The minimum Gasteiger partial charge on any atom is -0.452 e. The van der Waals surface area contributed by atoms with Crippen molar-refractivity contribution >= 4 is 46.7 Å². The van der Waals surface area contributed by atoms with Crippen molar-refractivity contribution in [3.8, 4) is 0 Å². The van der Waals surface area contributed by atoms with Gasteiger partial charge in [-0.1, -0.05) is 48.0 Å². The Hall–Kier alpha value is -3.97. The van der Waals surface area contributed by atoms with Gasteiger partial charge in [0.1, 0.15) is 0 Å². The summed E-state index contributed by atoms with van der Waals surface area (Å²) < 4.78 is 5.12. The molecule has 0 spiro atoms. The molecule has 1 N–H and O–H groups in total. The van der Waals surface area contributed by atoms with E-state index in [1.54, 1.807) is 30.3 Å². The summed E-state index contributed by atoms with van der Waals surface area (Å²) in [4.78, 5) is 52.3. The van der Waals surface area contributed by atoms with Crippen molar-refractivity contribution in [3.05, 3.63) is 94.5 Å². The van der Waals surface area contributed by atoms with Crippen LogP contribution < -0.4 is 10.2 Å². The summed E-state index contributed by atoms with van der Waals surface area (Å²) in [7, 11) is 0. The number of hydrogen-bond acceptors (Lipinski definition) is 5. The van der Waals surface area contributed by atoms with Gasteiger partial charge in [-0.2, -0.15) is 0 Å². The molecular weight excluding hydrogens is 504 g/mol. The van der Waals surface area contributed by atoms with E-state index in [0.717, 1.165) is 12.0 Å². The second-order valence-corrected chi connectivity index (χ2v) is 10.2. The number of esters is 1. The number of anilines is 2. The number of nitrogens with one attached hydrogen (secondary N) is 1. The van der Waals surface area contributed by atoms with Crippen LogP contribution in [-0.2, 0) is 19.1 Å². The predicted molar refractivity (Wildman–Crippen MR) is 144 cm³/mol. The van der Waals surface area contributed by atoms with E-state index >= 15 is 0 Å². The molecule has 1 aliphatic heterocycles. The van der Waals surface area contributed by atoms with Crippen LogP contribution in [0.25, 0.3) is 0 Å². The van der Waals surface area contributed by atoms with E-state index in [1.807, 2.05) is 25.1 Å². The maximum atomic E-state index is 13.3. The summed E-state index contributed by atoms with van der Waals surface area (Å²) in [6.45, 7) is 1.38. The standard InChI is InChI=1S/C30H27ClN2O5/c1-18-7-11-22(16-26(18)31)32-27(34)17-38-30(37)20-8-12-23(13-9-20)33-28(35)24-14-10-21(15-25(24)29(33)36)19-5-3-2-4-6-19/h2-9,11-13,16,21,24-25H,10,14-15,17H2,1H3,(H,32,34)/t21-,24+,25+/m0/s1. The molecule has 1 heterocycles. The normalized spacial score (nSPS) is 20.7. The number of amides is 3. The van der Waals surface area contributed by atoms with Crippen molar-refractivity contribution in [1.82, 2.24) is 0 Å². The van der Waals surface area contributed by atoms with Crippen LogP contribution in [0.15, 0.2) is 72.8 Å². The molecule has 3 aromatic carbocycles. The van der Waals surface area contributed by atoms with E-state index in [9.17, 15) is 19.2 Å². The van der Waals surface area contributed by atoms with E-state index in [2.05, 4.69) is 17.4 Å². The van der Waals surface area contributed by atoms with Gasteiger partial charge in [0.05, 0.1) is 23.1 Å². The average Bonchev–Trinajstić information content (AvgIpc) is 3.19. The first-order chi connectivity index (χ1) is 18.3. The molecule has 3 atom stereocenters. The molecule has 0 bridgehead atoms. The molecule has 7 nitrogen and oxygen atoms in total. The van der Waals surface area contributed by atoms with Crippen molar-refractivity contribution < 1.29 is 23.9 Å². The van der Waals surface area contributed by atoms with Crippen LogP contribution in [0.5, 0.6) is 0 Å². The Balaban J connectivity index is 1.19. The molecule has 1 saturated heterocycles. The minimum atomic E-state index is -0.688. The van der Waals surface area contributed by atoms with Gasteiger partial charge in [-0.25, -0.2) is 4.79 Å². The number of carbonyl (C=O) groups is 4. The van der Waals surface area contributed by atoms with Gasteiger partial charge in [-0.05, 0) is 79.6 Å². The van der Waals surface area contributed by atoms with Crippen LogP contribution >= 0.6 is 11.6 Å². The molecule has 0 radical (unpaired) electrons. The Labute approximate surface area is 225 Å². The number of hydrogen-bond donors (Lipinski definition) is 1. The van der Waals surface area contributed by atoms with Gasteiger partial charge in [0.15, 0.2) is 6.61 Å². The Kier molecular flexibility index (Phi) is 7.29. The largest absolute Gasteiger partial charge is 0.452 e. The van der Waals surface area contributed by atoms with Crippen LogP contribution in [0.4, 0.5) is 11.4 Å². The number of nitrogens with zero attached hydrogens (tertiary/aromatic N) is 1. The number of carbonyl (C=O) groups excluding carboxylic acids is 4. The van der Waals surface area contributed by atoms with Crippen LogP contribution in [0.3, 0.4) is 0 Å². The topological polar surface area (TPSA) is 92.8 Å². The molecule has 5 rings (SSSR count). The minimum absolute atomic E-state index is 0.185. The summed E-state index contributed by atoms with van der Waals surface area (Å²) in [6.07, 6.45) is 2.19. The van der Waals surface area contributed by atoms with Gasteiger partial charge in [-0.3, -0.25) is 19.3 Å². The molecule has 38 heavy (non-hydrogen) atoms. The van der Waals surface area contributed by atoms with Crippen molar-refractivity contribution in [1.29, 1.82) is 0 Å². The Morgan fingerprint density at radius 3 is 2.37 bits per heavy atom. The third kappa shape index (κ3) is 5.20. The second-order valence-electron chi connectivity index (χ2n) is 9.78. The molecule has 194 valence electrons. The highest BCUT2D eigenvalue weighted by Crippen LogP contribution is 2.45. The molecule has 0 unspecified atom stereocenters. The Bertz CT molecular complexity index is 1390. The molecule has 1 saturated carbocycles. The zero-order valence-electron chi connectivity index (χ0n) is 20.9. The molecule has 2 aliphatic rings. The number of fused-ring (bicyclic) bond motifs is 1. The fourth-order valence-corrected chi connectivity index (χ4v) is 5.47. The number of rotatable bonds is 6. The molecule has 3 amide bonds. The third-order valence-electron chi connectivity index (χ3n) is 7.35. The predicted octanol–water partition coefficient (Wildman–Crippen LogP) is 5.52. The Morgan fingerprint density at radius 2 is 1.66 bits per heavy atom. The summed E-state index contributed by atoms with van der Waals surface area (Å²) in [5.41, 5.74) is 3.22. The molecule has 8 heteroatoms. The van der Waals surface area contributed by atoms with Gasteiger partial charge in [0.25, 0.3) is 5.91 Å².